The average molecular weight is 221 g/mol. The molecule has 0 atom stereocenters. The number of rotatable bonds is 2. The Morgan fingerprint density at radius 1 is 1.57 bits per heavy atom. The molecule has 1 heterocycles. The van der Waals surface area contributed by atoms with Crippen molar-refractivity contribution in [2.45, 2.75) is 12.3 Å². The SMILES string of the molecule is N#Cc1cc(C(F)F)nc(F)c1CCl. The summed E-state index contributed by atoms with van der Waals surface area (Å²) in [5, 5.41) is 8.53. The zero-order chi connectivity index (χ0) is 10.7. The Balaban J connectivity index is 3.33. The molecule has 0 N–H and O–H groups in total. The Kier molecular flexibility index (Phi) is 3.31. The second-order valence-corrected chi connectivity index (χ2v) is 2.68. The summed E-state index contributed by atoms with van der Waals surface area (Å²) in [5.74, 6) is -1.39. The molecule has 0 radical (unpaired) electrons. The van der Waals surface area contributed by atoms with Gasteiger partial charge in [0.25, 0.3) is 6.43 Å². The largest absolute Gasteiger partial charge is 0.280 e. The molecule has 0 aliphatic carbocycles. The van der Waals surface area contributed by atoms with Gasteiger partial charge < -0.3 is 0 Å². The Morgan fingerprint density at radius 2 is 2.21 bits per heavy atom. The quantitative estimate of drug-likeness (QED) is 0.568. The highest BCUT2D eigenvalue weighted by Crippen LogP contribution is 2.21. The number of hydrogen-bond acceptors (Lipinski definition) is 2. The van der Waals surface area contributed by atoms with Gasteiger partial charge >= 0.3 is 0 Å². The minimum atomic E-state index is -2.90. The molecule has 0 fully saturated rings. The molecule has 0 unspecified atom stereocenters. The van der Waals surface area contributed by atoms with Crippen LogP contribution in [0.15, 0.2) is 6.07 Å². The average Bonchev–Trinajstić information content (AvgIpc) is 2.16. The first-order valence-electron chi connectivity index (χ1n) is 3.53. The van der Waals surface area contributed by atoms with Gasteiger partial charge in [0.05, 0.1) is 17.5 Å². The van der Waals surface area contributed by atoms with E-state index in [1.165, 1.54) is 0 Å². The molecule has 0 amide bonds. The fourth-order valence-corrected chi connectivity index (χ4v) is 1.15. The molecule has 0 saturated heterocycles. The number of pyridine rings is 1. The lowest BCUT2D eigenvalue weighted by Gasteiger charge is -2.04. The van der Waals surface area contributed by atoms with Crippen molar-refractivity contribution in [1.29, 1.82) is 5.26 Å². The number of nitrogens with zero attached hydrogens (tertiary/aromatic N) is 2. The molecule has 0 aliphatic rings. The molecule has 1 rings (SSSR count). The van der Waals surface area contributed by atoms with Gasteiger partial charge in [-0.3, -0.25) is 0 Å². The highest BCUT2D eigenvalue weighted by atomic mass is 35.5. The summed E-state index contributed by atoms with van der Waals surface area (Å²) in [6, 6.07) is 2.42. The van der Waals surface area contributed by atoms with Crippen molar-refractivity contribution in [1.82, 2.24) is 4.98 Å². The summed E-state index contributed by atoms with van der Waals surface area (Å²) < 4.78 is 37.2. The molecule has 1 aromatic heterocycles. The Bertz CT molecular complexity index is 387. The van der Waals surface area contributed by atoms with Crippen LogP contribution < -0.4 is 0 Å². The molecule has 2 nitrogen and oxygen atoms in total. The summed E-state index contributed by atoms with van der Waals surface area (Å²) in [5.41, 5.74) is -1.12. The molecule has 14 heavy (non-hydrogen) atoms. The van der Waals surface area contributed by atoms with Crippen molar-refractivity contribution < 1.29 is 13.2 Å². The fraction of sp³-hybridized carbons (Fsp3) is 0.250. The monoisotopic (exact) mass is 220 g/mol. The second kappa shape index (κ2) is 4.29. The normalized spacial score (nSPS) is 10.3. The Morgan fingerprint density at radius 3 is 2.64 bits per heavy atom. The highest BCUT2D eigenvalue weighted by Gasteiger charge is 2.16. The highest BCUT2D eigenvalue weighted by molar-refractivity contribution is 6.17. The van der Waals surface area contributed by atoms with Gasteiger partial charge in [0.1, 0.15) is 5.69 Å². The van der Waals surface area contributed by atoms with Crippen LogP contribution in [0, 0.1) is 17.3 Å². The molecular formula is C8H4ClF3N2. The molecule has 0 spiro atoms. The van der Waals surface area contributed by atoms with Crippen LogP contribution in [-0.4, -0.2) is 4.98 Å². The number of hydrogen-bond donors (Lipinski definition) is 0. The predicted octanol–water partition coefficient (Wildman–Crippen LogP) is 2.77. The van der Waals surface area contributed by atoms with E-state index in [4.69, 9.17) is 16.9 Å². The van der Waals surface area contributed by atoms with Crippen LogP contribution in [0.25, 0.3) is 0 Å². The molecule has 0 bridgehead atoms. The first-order chi connectivity index (χ1) is 6.60. The van der Waals surface area contributed by atoms with E-state index in [0.717, 1.165) is 6.07 Å². The van der Waals surface area contributed by atoms with E-state index in [9.17, 15) is 13.2 Å². The van der Waals surface area contributed by atoms with Gasteiger partial charge in [0, 0.05) is 5.56 Å². The van der Waals surface area contributed by atoms with Crippen molar-refractivity contribution in [2.75, 3.05) is 0 Å². The maximum Gasteiger partial charge on any atom is 0.280 e. The van der Waals surface area contributed by atoms with E-state index < -0.39 is 18.1 Å². The topological polar surface area (TPSA) is 36.7 Å². The van der Waals surface area contributed by atoms with Crippen molar-refractivity contribution >= 4 is 11.6 Å². The zero-order valence-electron chi connectivity index (χ0n) is 6.77. The Labute approximate surface area is 82.9 Å². The molecule has 0 aromatic carbocycles. The smallest absolute Gasteiger partial charge is 0.218 e. The Hall–Kier alpha value is -1.28. The minimum absolute atomic E-state index is 0.154. The summed E-state index contributed by atoms with van der Waals surface area (Å²) in [7, 11) is 0. The summed E-state index contributed by atoms with van der Waals surface area (Å²) in [4.78, 5) is 3.00. The van der Waals surface area contributed by atoms with Crippen molar-refractivity contribution in [3.8, 4) is 6.07 Å². The standard InChI is InChI=1S/C8H4ClF3N2/c9-2-5-4(3-13)1-6(7(10)11)14-8(5)12/h1,7H,2H2. The maximum atomic E-state index is 13.0. The van der Waals surface area contributed by atoms with Gasteiger partial charge in [-0.2, -0.15) is 9.65 Å². The predicted molar refractivity (Wildman–Crippen MR) is 43.4 cm³/mol. The maximum absolute atomic E-state index is 13.0. The summed E-state index contributed by atoms with van der Waals surface area (Å²) in [6.45, 7) is 0. The van der Waals surface area contributed by atoms with Gasteiger partial charge in [0.15, 0.2) is 0 Å². The van der Waals surface area contributed by atoms with Crippen LogP contribution in [0.2, 0.25) is 0 Å². The molecule has 0 aliphatic heterocycles. The van der Waals surface area contributed by atoms with Gasteiger partial charge in [-0.1, -0.05) is 0 Å². The molecular weight excluding hydrogens is 217 g/mol. The lowest BCUT2D eigenvalue weighted by molar-refractivity contribution is 0.144. The number of nitriles is 1. The zero-order valence-corrected chi connectivity index (χ0v) is 7.52. The van der Waals surface area contributed by atoms with Crippen molar-refractivity contribution in [3.05, 3.63) is 28.8 Å². The van der Waals surface area contributed by atoms with Crippen LogP contribution in [0.5, 0.6) is 0 Å². The summed E-state index contributed by atoms with van der Waals surface area (Å²) >= 11 is 5.33. The van der Waals surface area contributed by atoms with E-state index in [0.29, 0.717) is 0 Å². The van der Waals surface area contributed by atoms with Crippen LogP contribution in [0.1, 0.15) is 23.2 Å². The fourth-order valence-electron chi connectivity index (χ4n) is 0.898. The van der Waals surface area contributed by atoms with E-state index in [-0.39, 0.29) is 17.0 Å². The van der Waals surface area contributed by atoms with E-state index >= 15 is 0 Å². The van der Waals surface area contributed by atoms with Gasteiger partial charge in [-0.05, 0) is 6.07 Å². The number of alkyl halides is 3. The molecule has 74 valence electrons. The van der Waals surface area contributed by atoms with Crippen LogP contribution >= 0.6 is 11.6 Å². The van der Waals surface area contributed by atoms with Gasteiger partial charge in [0.2, 0.25) is 5.95 Å². The molecule has 6 heteroatoms. The van der Waals surface area contributed by atoms with Crippen molar-refractivity contribution in [2.24, 2.45) is 0 Å². The lowest BCUT2D eigenvalue weighted by atomic mass is 10.1. The van der Waals surface area contributed by atoms with Crippen LogP contribution in [0.4, 0.5) is 13.2 Å². The van der Waals surface area contributed by atoms with E-state index in [1.54, 1.807) is 6.07 Å². The minimum Gasteiger partial charge on any atom is -0.218 e. The second-order valence-electron chi connectivity index (χ2n) is 2.41. The first kappa shape index (κ1) is 10.8. The lowest BCUT2D eigenvalue weighted by Crippen LogP contribution is -2.01. The third-order valence-corrected chi connectivity index (χ3v) is 1.84. The molecule has 1 aromatic rings. The van der Waals surface area contributed by atoms with Gasteiger partial charge in [-0.15, -0.1) is 11.6 Å². The van der Waals surface area contributed by atoms with Gasteiger partial charge in [-0.25, -0.2) is 13.8 Å². The van der Waals surface area contributed by atoms with Crippen LogP contribution in [-0.2, 0) is 5.88 Å². The first-order valence-corrected chi connectivity index (χ1v) is 4.07. The molecule has 0 saturated carbocycles. The van der Waals surface area contributed by atoms with Crippen LogP contribution in [0.3, 0.4) is 0 Å². The number of aromatic nitrogens is 1. The third kappa shape index (κ3) is 1.96. The number of halogens is 4. The van der Waals surface area contributed by atoms with E-state index in [2.05, 4.69) is 4.98 Å². The van der Waals surface area contributed by atoms with Crippen molar-refractivity contribution in [3.63, 3.8) is 0 Å². The van der Waals surface area contributed by atoms with E-state index in [1.807, 2.05) is 0 Å². The summed E-state index contributed by atoms with van der Waals surface area (Å²) in [6.07, 6.45) is -2.90. The third-order valence-electron chi connectivity index (χ3n) is 1.57.